The monoisotopic (exact) mass is 315 g/mol. The van der Waals surface area contributed by atoms with Crippen molar-refractivity contribution in [3.05, 3.63) is 35.9 Å². The molecule has 0 saturated heterocycles. The average molecular weight is 315 g/mol. The van der Waals surface area contributed by atoms with E-state index in [0.29, 0.717) is 0 Å². The summed E-state index contributed by atoms with van der Waals surface area (Å²) in [6.07, 6.45) is -0.999. The van der Waals surface area contributed by atoms with E-state index in [4.69, 9.17) is 14.8 Å². The number of hydrogen-bond acceptors (Lipinski definition) is 5. The fourth-order valence-electron chi connectivity index (χ4n) is 1.84. The molecule has 3 N–H and O–H groups in total. The summed E-state index contributed by atoms with van der Waals surface area (Å²) in [5.74, 6) is -1.46. The van der Waals surface area contributed by atoms with Crippen molar-refractivity contribution < 1.29 is 23.5 Å². The molecule has 1 aromatic carbocycles. The van der Waals surface area contributed by atoms with Crippen molar-refractivity contribution in [1.29, 1.82) is 0 Å². The first kappa shape index (κ1) is 17.9. The summed E-state index contributed by atoms with van der Waals surface area (Å²) in [5, 5.41) is 7.33. The summed E-state index contributed by atoms with van der Waals surface area (Å²) < 4.78 is 23.9. The number of hydrogen-bond donors (Lipinski definition) is 2. The molecular weight excluding hydrogens is 293 g/mol. The Morgan fingerprint density at radius 3 is 1.90 bits per heavy atom. The van der Waals surface area contributed by atoms with Crippen LogP contribution in [0.25, 0.3) is 0 Å². The Morgan fingerprint density at radius 1 is 1.14 bits per heavy atom. The predicted octanol–water partition coefficient (Wildman–Crippen LogP) is 2.93. The summed E-state index contributed by atoms with van der Waals surface area (Å²) in [6, 6.07) is 7.94. The van der Waals surface area contributed by atoms with E-state index in [1.807, 2.05) is 0 Å². The molecular formula is C14H22NO5P. The van der Waals surface area contributed by atoms with E-state index in [9.17, 15) is 14.5 Å². The Kier molecular flexibility index (Phi) is 5.70. The van der Waals surface area contributed by atoms with Crippen LogP contribution in [0.15, 0.2) is 30.3 Å². The van der Waals surface area contributed by atoms with E-state index in [0.717, 1.165) is 0 Å². The molecule has 0 aliphatic carbocycles. The van der Waals surface area contributed by atoms with Crippen LogP contribution in [-0.4, -0.2) is 23.3 Å². The van der Waals surface area contributed by atoms with Crippen LogP contribution in [0.2, 0.25) is 0 Å². The van der Waals surface area contributed by atoms with Crippen molar-refractivity contribution in [2.24, 2.45) is 5.73 Å². The Balaban J connectivity index is 3.46. The van der Waals surface area contributed by atoms with Crippen LogP contribution < -0.4 is 5.73 Å². The van der Waals surface area contributed by atoms with Crippen molar-refractivity contribution >= 4 is 13.6 Å². The summed E-state index contributed by atoms with van der Waals surface area (Å²) in [4.78, 5) is 11.8. The minimum absolute atomic E-state index is 0.169. The third-order valence-electron chi connectivity index (χ3n) is 2.67. The molecule has 0 saturated carbocycles. The summed E-state index contributed by atoms with van der Waals surface area (Å²) in [5.41, 5.74) is 6.19. The highest BCUT2D eigenvalue weighted by Gasteiger charge is 2.57. The second-order valence-electron chi connectivity index (χ2n) is 5.24. The lowest BCUT2D eigenvalue weighted by atomic mass is 10.1. The molecule has 0 heterocycles. The number of carboxylic acids is 1. The van der Waals surface area contributed by atoms with Gasteiger partial charge < -0.3 is 19.9 Å². The van der Waals surface area contributed by atoms with Gasteiger partial charge in [0.15, 0.2) is 0 Å². The first-order chi connectivity index (χ1) is 9.63. The average Bonchev–Trinajstić information content (AvgIpc) is 2.36. The van der Waals surface area contributed by atoms with Gasteiger partial charge in [-0.05, 0) is 33.3 Å². The minimum Gasteiger partial charge on any atom is -0.479 e. The fourth-order valence-corrected chi connectivity index (χ4v) is 4.03. The van der Waals surface area contributed by atoms with Crippen LogP contribution in [0, 0.1) is 0 Å². The molecule has 1 atom stereocenters. The Bertz CT molecular complexity index is 517. The normalized spacial score (nSPS) is 15.2. The number of carboxylic acid groups (broad SMARTS) is 1. The van der Waals surface area contributed by atoms with Crippen molar-refractivity contribution in [2.45, 2.75) is 45.2 Å². The molecule has 118 valence electrons. The number of benzene rings is 1. The maximum absolute atomic E-state index is 13.1. The van der Waals surface area contributed by atoms with Gasteiger partial charge in [-0.3, -0.25) is 4.57 Å². The Morgan fingerprint density at radius 2 is 1.57 bits per heavy atom. The zero-order valence-corrected chi connectivity index (χ0v) is 13.5. The van der Waals surface area contributed by atoms with Crippen LogP contribution in [0.3, 0.4) is 0 Å². The van der Waals surface area contributed by atoms with Gasteiger partial charge in [0.2, 0.25) is 5.28 Å². The van der Waals surface area contributed by atoms with Gasteiger partial charge >= 0.3 is 13.6 Å². The van der Waals surface area contributed by atoms with Gasteiger partial charge in [0.25, 0.3) is 0 Å². The maximum atomic E-state index is 13.1. The van der Waals surface area contributed by atoms with Crippen molar-refractivity contribution in [2.75, 3.05) is 0 Å². The maximum Gasteiger partial charge on any atom is 0.366 e. The Hall–Kier alpha value is -1.20. The van der Waals surface area contributed by atoms with Gasteiger partial charge in [-0.1, -0.05) is 30.3 Å². The van der Waals surface area contributed by atoms with Gasteiger partial charge in [-0.15, -0.1) is 0 Å². The lowest BCUT2D eigenvalue weighted by Crippen LogP contribution is -2.46. The van der Waals surface area contributed by atoms with Crippen molar-refractivity contribution in [1.82, 2.24) is 0 Å². The molecule has 6 nitrogen and oxygen atoms in total. The summed E-state index contributed by atoms with van der Waals surface area (Å²) in [7, 11) is -4.15. The van der Waals surface area contributed by atoms with Crippen LogP contribution in [0.5, 0.6) is 0 Å². The molecule has 1 rings (SSSR count). The van der Waals surface area contributed by atoms with Crippen molar-refractivity contribution in [3.8, 4) is 0 Å². The molecule has 0 aliphatic rings. The molecule has 1 aromatic rings. The van der Waals surface area contributed by atoms with Crippen LogP contribution in [0.1, 0.15) is 33.3 Å². The van der Waals surface area contributed by atoms with E-state index in [2.05, 4.69) is 0 Å². The van der Waals surface area contributed by atoms with Gasteiger partial charge in [-0.2, -0.15) is 0 Å². The van der Waals surface area contributed by atoms with Gasteiger partial charge in [0, 0.05) is 0 Å². The first-order valence-electron chi connectivity index (χ1n) is 6.68. The molecule has 0 spiro atoms. The van der Waals surface area contributed by atoms with E-state index in [1.54, 1.807) is 45.9 Å². The Labute approximate surface area is 124 Å². The predicted molar refractivity (Wildman–Crippen MR) is 80.0 cm³/mol. The second-order valence-corrected chi connectivity index (χ2v) is 7.37. The number of rotatable bonds is 7. The lowest BCUT2D eigenvalue weighted by molar-refractivity contribution is -0.141. The third-order valence-corrected chi connectivity index (χ3v) is 5.38. The molecule has 0 fully saturated rings. The highest BCUT2D eigenvalue weighted by atomic mass is 31.2. The molecule has 0 aromatic heterocycles. The quantitative estimate of drug-likeness (QED) is 0.751. The molecule has 21 heavy (non-hydrogen) atoms. The number of carbonyl (C=O) groups is 1. The SMILES string of the molecule is CC(C)OP(=O)(OC(C)C)[C@](N)(C(=O)O)c1ccccc1. The van der Waals surface area contributed by atoms with Gasteiger partial charge in [-0.25, -0.2) is 4.79 Å². The standard InChI is InChI=1S/C14H22NO5P/c1-10(2)19-21(18,20-11(3)4)14(15,13(16)17)12-8-6-5-7-9-12/h5-11H,15H2,1-4H3,(H,16,17)/t14-/m0/s1. The van der Waals surface area contributed by atoms with E-state index in [-0.39, 0.29) is 5.56 Å². The fraction of sp³-hybridized carbons (Fsp3) is 0.500. The molecule has 7 heteroatoms. The highest BCUT2D eigenvalue weighted by Crippen LogP contribution is 2.63. The van der Waals surface area contributed by atoms with E-state index >= 15 is 0 Å². The smallest absolute Gasteiger partial charge is 0.366 e. The molecule has 0 radical (unpaired) electrons. The minimum atomic E-state index is -4.15. The zero-order valence-electron chi connectivity index (χ0n) is 12.6. The first-order valence-corrected chi connectivity index (χ1v) is 8.22. The van der Waals surface area contributed by atoms with Crippen molar-refractivity contribution in [3.63, 3.8) is 0 Å². The number of aliphatic carboxylic acids is 1. The van der Waals surface area contributed by atoms with Crippen LogP contribution in [0.4, 0.5) is 0 Å². The zero-order chi connectivity index (χ0) is 16.3. The third kappa shape index (κ3) is 3.71. The second kappa shape index (κ2) is 6.71. The molecule has 0 bridgehead atoms. The summed E-state index contributed by atoms with van der Waals surface area (Å²) >= 11 is 0. The molecule has 0 amide bonds. The number of nitrogens with two attached hydrogens (primary N) is 1. The summed E-state index contributed by atoms with van der Waals surface area (Å²) in [6.45, 7) is 6.57. The lowest BCUT2D eigenvalue weighted by Gasteiger charge is -2.34. The molecule has 0 unspecified atom stereocenters. The van der Waals surface area contributed by atoms with Gasteiger partial charge in [0.1, 0.15) is 0 Å². The topological polar surface area (TPSA) is 98.9 Å². The molecule has 0 aliphatic heterocycles. The van der Waals surface area contributed by atoms with E-state index in [1.165, 1.54) is 12.1 Å². The van der Waals surface area contributed by atoms with Crippen LogP contribution >= 0.6 is 7.60 Å². The largest absolute Gasteiger partial charge is 0.479 e. The van der Waals surface area contributed by atoms with Gasteiger partial charge in [0.05, 0.1) is 12.2 Å². The van der Waals surface area contributed by atoms with E-state index < -0.39 is 31.1 Å². The highest BCUT2D eigenvalue weighted by molar-refractivity contribution is 7.56. The van der Waals surface area contributed by atoms with Crippen LogP contribution in [-0.2, 0) is 23.7 Å².